The fourth-order valence-corrected chi connectivity index (χ4v) is 4.36. The van der Waals surface area contributed by atoms with E-state index in [2.05, 4.69) is 16.6 Å². The van der Waals surface area contributed by atoms with Crippen LogP contribution in [0.4, 0.5) is 0 Å². The molecule has 0 amide bonds. The van der Waals surface area contributed by atoms with Crippen LogP contribution in [-0.2, 0) is 10.0 Å². The molecule has 1 heterocycles. The van der Waals surface area contributed by atoms with E-state index in [0.717, 1.165) is 12.8 Å². The normalized spacial score (nSPS) is 22.9. The lowest BCUT2D eigenvalue weighted by atomic mass is 9.83. The fourth-order valence-electron chi connectivity index (χ4n) is 2.84. The van der Waals surface area contributed by atoms with Gasteiger partial charge < -0.3 is 5.73 Å². The minimum Gasteiger partial charge on any atom is -0.388 e. The van der Waals surface area contributed by atoms with Gasteiger partial charge in [0.1, 0.15) is 15.6 Å². The highest BCUT2D eigenvalue weighted by atomic mass is 32.2. The Balaban J connectivity index is 2.10. The maximum atomic E-state index is 12.4. The summed E-state index contributed by atoms with van der Waals surface area (Å²) in [4.78, 5) is 4.01. The summed E-state index contributed by atoms with van der Waals surface area (Å²) < 4.78 is 27.5. The summed E-state index contributed by atoms with van der Waals surface area (Å²) in [7, 11) is -3.63. The van der Waals surface area contributed by atoms with Gasteiger partial charge >= 0.3 is 0 Å². The second kappa shape index (κ2) is 6.81. The van der Waals surface area contributed by atoms with Crippen molar-refractivity contribution in [3.8, 4) is 0 Å². The maximum Gasteiger partial charge on any atom is 0.242 e. The van der Waals surface area contributed by atoms with E-state index >= 15 is 0 Å². The molecule has 1 saturated carbocycles. The Morgan fingerprint density at radius 2 is 2.29 bits per heavy atom. The smallest absolute Gasteiger partial charge is 0.242 e. The molecule has 2 unspecified atom stereocenters. The van der Waals surface area contributed by atoms with E-state index in [-0.39, 0.29) is 15.6 Å². The lowest BCUT2D eigenvalue weighted by molar-refractivity contribution is 0.283. The molecule has 1 aliphatic rings. The zero-order chi connectivity index (χ0) is 15.5. The quantitative estimate of drug-likeness (QED) is 0.806. The van der Waals surface area contributed by atoms with E-state index in [0.29, 0.717) is 18.4 Å². The molecule has 2 rings (SSSR count). The molecule has 0 radical (unpaired) electrons. The van der Waals surface area contributed by atoms with Crippen LogP contribution in [0.3, 0.4) is 0 Å². The SMILES string of the molecule is CC1CCCC(CNS(=O)(=O)c2cccnc2C(N)=S)C1. The molecule has 1 aromatic heterocycles. The zero-order valence-corrected chi connectivity index (χ0v) is 13.7. The average Bonchev–Trinajstić information content (AvgIpc) is 2.45. The lowest BCUT2D eigenvalue weighted by Gasteiger charge is -2.26. The minimum atomic E-state index is -3.63. The van der Waals surface area contributed by atoms with Crippen molar-refractivity contribution < 1.29 is 8.42 Å². The van der Waals surface area contributed by atoms with Gasteiger partial charge in [0.2, 0.25) is 10.0 Å². The Kier molecular flexibility index (Phi) is 5.29. The number of hydrogen-bond acceptors (Lipinski definition) is 4. The fraction of sp³-hybridized carbons (Fsp3) is 0.571. The monoisotopic (exact) mass is 327 g/mol. The van der Waals surface area contributed by atoms with Crippen molar-refractivity contribution >= 4 is 27.2 Å². The number of nitrogens with one attached hydrogen (secondary N) is 1. The molecular weight excluding hydrogens is 306 g/mol. The summed E-state index contributed by atoms with van der Waals surface area (Å²) in [6.45, 7) is 2.67. The van der Waals surface area contributed by atoms with Crippen LogP contribution in [0.15, 0.2) is 23.2 Å². The third-order valence-electron chi connectivity index (χ3n) is 3.90. The molecule has 1 aliphatic carbocycles. The average molecular weight is 327 g/mol. The van der Waals surface area contributed by atoms with E-state index in [1.165, 1.54) is 25.1 Å². The van der Waals surface area contributed by atoms with Gasteiger partial charge in [-0.15, -0.1) is 0 Å². The maximum absolute atomic E-state index is 12.4. The van der Waals surface area contributed by atoms with Gasteiger partial charge in [-0.1, -0.05) is 32.0 Å². The first-order valence-electron chi connectivity index (χ1n) is 7.14. The molecule has 0 bridgehead atoms. The molecule has 0 spiro atoms. The predicted octanol–water partition coefficient (Wildman–Crippen LogP) is 1.82. The van der Waals surface area contributed by atoms with Crippen LogP contribution in [0.2, 0.25) is 0 Å². The lowest BCUT2D eigenvalue weighted by Crippen LogP contribution is -2.33. The molecule has 21 heavy (non-hydrogen) atoms. The number of thiocarbonyl (C=S) groups is 1. The van der Waals surface area contributed by atoms with Crippen LogP contribution in [-0.4, -0.2) is 24.9 Å². The molecule has 0 saturated heterocycles. The number of rotatable bonds is 5. The third-order valence-corrected chi connectivity index (χ3v) is 5.55. The first-order valence-corrected chi connectivity index (χ1v) is 9.04. The molecule has 5 nitrogen and oxygen atoms in total. The number of sulfonamides is 1. The van der Waals surface area contributed by atoms with Crippen molar-refractivity contribution in [3.05, 3.63) is 24.0 Å². The van der Waals surface area contributed by atoms with Gasteiger partial charge in [-0.2, -0.15) is 0 Å². The molecule has 3 N–H and O–H groups in total. The van der Waals surface area contributed by atoms with E-state index < -0.39 is 10.0 Å². The largest absolute Gasteiger partial charge is 0.388 e. The Morgan fingerprint density at radius 3 is 2.95 bits per heavy atom. The zero-order valence-electron chi connectivity index (χ0n) is 12.1. The van der Waals surface area contributed by atoms with Gasteiger partial charge in [-0.3, -0.25) is 4.98 Å². The van der Waals surface area contributed by atoms with Crippen LogP contribution in [0.5, 0.6) is 0 Å². The van der Waals surface area contributed by atoms with E-state index in [9.17, 15) is 8.42 Å². The van der Waals surface area contributed by atoms with Crippen molar-refractivity contribution in [2.75, 3.05) is 6.54 Å². The highest BCUT2D eigenvalue weighted by Gasteiger charge is 2.24. The van der Waals surface area contributed by atoms with Gasteiger partial charge in [0.25, 0.3) is 0 Å². The highest BCUT2D eigenvalue weighted by Crippen LogP contribution is 2.28. The highest BCUT2D eigenvalue weighted by molar-refractivity contribution is 7.89. The predicted molar refractivity (Wildman–Crippen MR) is 86.4 cm³/mol. The van der Waals surface area contributed by atoms with Crippen molar-refractivity contribution in [3.63, 3.8) is 0 Å². The Bertz CT molecular complexity index is 616. The molecule has 116 valence electrons. The summed E-state index contributed by atoms with van der Waals surface area (Å²) in [5, 5.41) is 0. The first kappa shape index (κ1) is 16.3. The van der Waals surface area contributed by atoms with Crippen LogP contribution in [0.25, 0.3) is 0 Å². The molecule has 0 aromatic carbocycles. The molecule has 0 aliphatic heterocycles. The Labute approximate surface area is 131 Å². The number of hydrogen-bond donors (Lipinski definition) is 2. The number of nitrogens with zero attached hydrogens (tertiary/aromatic N) is 1. The topological polar surface area (TPSA) is 85.1 Å². The van der Waals surface area contributed by atoms with Gasteiger partial charge in [0.05, 0.1) is 0 Å². The second-order valence-electron chi connectivity index (χ2n) is 5.70. The Morgan fingerprint density at radius 1 is 1.52 bits per heavy atom. The first-order chi connectivity index (χ1) is 9.90. The van der Waals surface area contributed by atoms with Crippen LogP contribution in [0.1, 0.15) is 38.3 Å². The van der Waals surface area contributed by atoms with Gasteiger partial charge in [0.15, 0.2) is 0 Å². The summed E-state index contributed by atoms with van der Waals surface area (Å²) >= 11 is 4.87. The number of pyridine rings is 1. The second-order valence-corrected chi connectivity index (χ2v) is 7.88. The van der Waals surface area contributed by atoms with E-state index in [1.54, 1.807) is 6.07 Å². The summed E-state index contributed by atoms with van der Waals surface area (Å²) in [5.41, 5.74) is 5.70. The summed E-state index contributed by atoms with van der Waals surface area (Å²) in [6.07, 6.45) is 6.02. The molecule has 2 atom stereocenters. The van der Waals surface area contributed by atoms with Gasteiger partial charge in [-0.25, -0.2) is 13.1 Å². The van der Waals surface area contributed by atoms with Crippen LogP contribution < -0.4 is 10.5 Å². The van der Waals surface area contributed by atoms with Crippen LogP contribution >= 0.6 is 12.2 Å². The molecule has 1 fully saturated rings. The molecular formula is C14H21N3O2S2. The van der Waals surface area contributed by atoms with Crippen molar-refractivity contribution in [2.24, 2.45) is 17.6 Å². The van der Waals surface area contributed by atoms with Crippen molar-refractivity contribution in [1.29, 1.82) is 0 Å². The summed E-state index contributed by atoms with van der Waals surface area (Å²) in [6, 6.07) is 3.05. The minimum absolute atomic E-state index is 0.0118. The Hall–Kier alpha value is -1.05. The van der Waals surface area contributed by atoms with Crippen molar-refractivity contribution in [1.82, 2.24) is 9.71 Å². The van der Waals surface area contributed by atoms with E-state index in [4.69, 9.17) is 18.0 Å². The number of aromatic nitrogens is 1. The summed E-state index contributed by atoms with van der Waals surface area (Å²) in [5.74, 6) is 1.06. The van der Waals surface area contributed by atoms with Crippen molar-refractivity contribution in [2.45, 2.75) is 37.5 Å². The molecule has 7 heteroatoms. The van der Waals surface area contributed by atoms with Crippen LogP contribution in [0, 0.1) is 11.8 Å². The number of nitrogens with two attached hydrogens (primary N) is 1. The van der Waals surface area contributed by atoms with Gasteiger partial charge in [-0.05, 0) is 36.8 Å². The third kappa shape index (κ3) is 4.21. The standard InChI is InChI=1S/C14H21N3O2S2/c1-10-4-2-5-11(8-10)9-17-21(18,19)12-6-3-7-16-13(12)14(15)20/h3,6-7,10-11,17H,2,4-5,8-9H2,1H3,(H2,15,20). The van der Waals surface area contributed by atoms with Gasteiger partial charge in [0, 0.05) is 12.7 Å². The molecule has 1 aromatic rings. The van der Waals surface area contributed by atoms with E-state index in [1.807, 2.05) is 0 Å².